The second kappa shape index (κ2) is 13.0. The Morgan fingerprint density at radius 1 is 0.914 bits per heavy atom. The SMILES string of the molecule is CCCCCCN(CCN1CCOCC1)C(=O)C1CCN(C(=O)c2cccc3ccccc23)CC1. The Hall–Kier alpha value is -2.44. The number of hydrogen-bond acceptors (Lipinski definition) is 4. The Labute approximate surface area is 210 Å². The lowest BCUT2D eigenvalue weighted by atomic mass is 9.94. The highest BCUT2D eigenvalue weighted by Crippen LogP contribution is 2.25. The van der Waals surface area contributed by atoms with Crippen molar-refractivity contribution in [3.05, 3.63) is 48.0 Å². The maximum absolute atomic E-state index is 13.5. The molecule has 2 heterocycles. The highest BCUT2D eigenvalue weighted by molar-refractivity contribution is 6.07. The summed E-state index contributed by atoms with van der Waals surface area (Å²) in [5, 5.41) is 2.09. The fraction of sp³-hybridized carbons (Fsp3) is 0.586. The lowest BCUT2D eigenvalue weighted by Gasteiger charge is -2.35. The van der Waals surface area contributed by atoms with E-state index in [9.17, 15) is 9.59 Å². The average Bonchev–Trinajstić information content (AvgIpc) is 2.92. The minimum Gasteiger partial charge on any atom is -0.379 e. The van der Waals surface area contributed by atoms with Crippen LogP contribution in [0.2, 0.25) is 0 Å². The fourth-order valence-corrected chi connectivity index (χ4v) is 5.32. The third-order valence-corrected chi connectivity index (χ3v) is 7.53. The number of piperidine rings is 1. The number of morpholine rings is 1. The molecule has 2 aliphatic heterocycles. The summed E-state index contributed by atoms with van der Waals surface area (Å²) >= 11 is 0. The molecule has 190 valence electrons. The van der Waals surface area contributed by atoms with Crippen LogP contribution in [0.4, 0.5) is 0 Å². The van der Waals surface area contributed by atoms with Gasteiger partial charge in [0.05, 0.1) is 13.2 Å². The van der Waals surface area contributed by atoms with E-state index in [4.69, 9.17) is 4.74 Å². The summed E-state index contributed by atoms with van der Waals surface area (Å²) in [6, 6.07) is 14.0. The van der Waals surface area contributed by atoms with Gasteiger partial charge in [-0.2, -0.15) is 0 Å². The Kier molecular flexibility index (Phi) is 9.55. The molecule has 0 bridgehead atoms. The minimum atomic E-state index is 0.0161. The van der Waals surface area contributed by atoms with Crippen molar-refractivity contribution in [3.8, 4) is 0 Å². The van der Waals surface area contributed by atoms with Gasteiger partial charge in [0.1, 0.15) is 0 Å². The number of likely N-dealkylation sites (tertiary alicyclic amines) is 1. The first-order valence-corrected chi connectivity index (χ1v) is 13.5. The second-order valence-electron chi connectivity index (χ2n) is 9.93. The van der Waals surface area contributed by atoms with Crippen LogP contribution in [0.1, 0.15) is 55.8 Å². The van der Waals surface area contributed by atoms with E-state index in [1.807, 2.05) is 47.4 Å². The molecule has 6 nitrogen and oxygen atoms in total. The van der Waals surface area contributed by atoms with E-state index < -0.39 is 0 Å². The van der Waals surface area contributed by atoms with Crippen LogP contribution in [0.25, 0.3) is 10.8 Å². The molecule has 4 rings (SSSR count). The largest absolute Gasteiger partial charge is 0.379 e. The maximum atomic E-state index is 13.5. The molecule has 2 saturated heterocycles. The summed E-state index contributed by atoms with van der Waals surface area (Å²) in [5.74, 6) is 0.380. The molecule has 0 aromatic heterocycles. The van der Waals surface area contributed by atoms with E-state index in [1.54, 1.807) is 0 Å². The van der Waals surface area contributed by atoms with E-state index in [0.29, 0.717) is 13.1 Å². The van der Waals surface area contributed by atoms with Crippen molar-refractivity contribution in [1.29, 1.82) is 0 Å². The highest BCUT2D eigenvalue weighted by Gasteiger charge is 2.31. The van der Waals surface area contributed by atoms with Crippen molar-refractivity contribution >= 4 is 22.6 Å². The Bertz CT molecular complexity index is 959. The number of carbonyl (C=O) groups is 2. The summed E-state index contributed by atoms with van der Waals surface area (Å²) in [6.07, 6.45) is 6.17. The molecule has 2 amide bonds. The van der Waals surface area contributed by atoms with Gasteiger partial charge in [-0.25, -0.2) is 0 Å². The Balaban J connectivity index is 1.34. The summed E-state index contributed by atoms with van der Waals surface area (Å²) in [4.78, 5) is 33.3. The van der Waals surface area contributed by atoms with Crippen LogP contribution in [0.5, 0.6) is 0 Å². The maximum Gasteiger partial charge on any atom is 0.254 e. The number of unbranched alkanes of at least 4 members (excludes halogenated alkanes) is 3. The Morgan fingerprint density at radius 3 is 2.43 bits per heavy atom. The molecule has 0 aliphatic carbocycles. The fourth-order valence-electron chi connectivity index (χ4n) is 5.32. The molecule has 0 N–H and O–H groups in total. The number of benzene rings is 2. The van der Waals surface area contributed by atoms with Gasteiger partial charge in [0.25, 0.3) is 5.91 Å². The van der Waals surface area contributed by atoms with Crippen LogP contribution in [-0.4, -0.2) is 85.5 Å². The zero-order chi connectivity index (χ0) is 24.5. The van der Waals surface area contributed by atoms with Gasteiger partial charge in [-0.05, 0) is 36.1 Å². The van der Waals surface area contributed by atoms with Crippen molar-refractivity contribution < 1.29 is 14.3 Å². The van der Waals surface area contributed by atoms with E-state index in [1.165, 1.54) is 19.3 Å². The average molecular weight is 480 g/mol. The molecule has 35 heavy (non-hydrogen) atoms. The Morgan fingerprint density at radius 2 is 1.66 bits per heavy atom. The predicted octanol–water partition coefficient (Wildman–Crippen LogP) is 4.43. The molecule has 2 aliphatic rings. The van der Waals surface area contributed by atoms with Crippen LogP contribution in [0.15, 0.2) is 42.5 Å². The molecule has 2 fully saturated rings. The summed E-state index contributed by atoms with van der Waals surface area (Å²) in [7, 11) is 0. The lowest BCUT2D eigenvalue weighted by molar-refractivity contribution is -0.137. The molecular formula is C29H41N3O3. The van der Waals surface area contributed by atoms with Gasteiger partial charge >= 0.3 is 0 Å². The van der Waals surface area contributed by atoms with Crippen molar-refractivity contribution in [3.63, 3.8) is 0 Å². The zero-order valence-electron chi connectivity index (χ0n) is 21.3. The van der Waals surface area contributed by atoms with Crippen molar-refractivity contribution in [2.24, 2.45) is 5.92 Å². The van der Waals surface area contributed by atoms with Gasteiger partial charge in [-0.3, -0.25) is 14.5 Å². The molecule has 0 unspecified atom stereocenters. The van der Waals surface area contributed by atoms with Gasteiger partial charge in [0, 0.05) is 57.3 Å². The first-order valence-electron chi connectivity index (χ1n) is 13.5. The number of nitrogens with zero attached hydrogens (tertiary/aromatic N) is 3. The number of fused-ring (bicyclic) bond motifs is 1. The number of rotatable bonds is 10. The van der Waals surface area contributed by atoms with Gasteiger partial charge in [0.15, 0.2) is 0 Å². The number of carbonyl (C=O) groups excluding carboxylic acids is 2. The summed E-state index contributed by atoms with van der Waals surface area (Å²) < 4.78 is 5.47. The topological polar surface area (TPSA) is 53.1 Å². The molecule has 0 saturated carbocycles. The minimum absolute atomic E-state index is 0.0161. The normalized spacial score (nSPS) is 17.6. The van der Waals surface area contributed by atoms with Crippen molar-refractivity contribution in [1.82, 2.24) is 14.7 Å². The summed E-state index contributed by atoms with van der Waals surface area (Å²) in [6.45, 7) is 9.53. The molecule has 6 heteroatoms. The molecule has 0 radical (unpaired) electrons. The van der Waals surface area contributed by atoms with E-state index >= 15 is 0 Å². The van der Waals surface area contributed by atoms with Crippen LogP contribution >= 0.6 is 0 Å². The highest BCUT2D eigenvalue weighted by atomic mass is 16.5. The summed E-state index contributed by atoms with van der Waals surface area (Å²) in [5.41, 5.74) is 0.760. The van der Waals surface area contributed by atoms with Gasteiger partial charge in [-0.15, -0.1) is 0 Å². The third kappa shape index (κ3) is 6.83. The van der Waals surface area contributed by atoms with E-state index in [0.717, 1.165) is 81.5 Å². The van der Waals surface area contributed by atoms with Crippen LogP contribution in [0, 0.1) is 5.92 Å². The van der Waals surface area contributed by atoms with E-state index in [2.05, 4.69) is 16.7 Å². The molecule has 0 spiro atoms. The zero-order valence-corrected chi connectivity index (χ0v) is 21.3. The number of ether oxygens (including phenoxy) is 1. The van der Waals surface area contributed by atoms with Crippen molar-refractivity contribution in [2.75, 3.05) is 59.0 Å². The van der Waals surface area contributed by atoms with E-state index in [-0.39, 0.29) is 17.7 Å². The van der Waals surface area contributed by atoms with Crippen LogP contribution < -0.4 is 0 Å². The van der Waals surface area contributed by atoms with Crippen LogP contribution in [-0.2, 0) is 9.53 Å². The second-order valence-corrected chi connectivity index (χ2v) is 9.93. The number of amides is 2. The lowest BCUT2D eigenvalue weighted by Crippen LogP contribution is -2.47. The first-order chi connectivity index (χ1) is 17.2. The molecule has 2 aromatic carbocycles. The van der Waals surface area contributed by atoms with Gasteiger partial charge < -0.3 is 14.5 Å². The third-order valence-electron chi connectivity index (χ3n) is 7.53. The molecular weight excluding hydrogens is 438 g/mol. The van der Waals surface area contributed by atoms with Crippen LogP contribution in [0.3, 0.4) is 0 Å². The number of hydrogen-bond donors (Lipinski definition) is 0. The smallest absolute Gasteiger partial charge is 0.254 e. The predicted molar refractivity (Wildman–Crippen MR) is 141 cm³/mol. The van der Waals surface area contributed by atoms with Crippen molar-refractivity contribution in [2.45, 2.75) is 45.4 Å². The quantitative estimate of drug-likeness (QED) is 0.473. The first kappa shape index (κ1) is 25.6. The molecule has 2 aromatic rings. The monoisotopic (exact) mass is 479 g/mol. The van der Waals surface area contributed by atoms with Gasteiger partial charge in [-0.1, -0.05) is 62.6 Å². The standard InChI is InChI=1S/C29H41N3O3/c1-2-3-4-7-15-31(19-18-30-20-22-35-23-21-30)28(33)25-13-16-32(17-14-25)29(34)27-12-8-10-24-9-5-6-11-26(24)27/h5-6,8-12,25H,2-4,7,13-23H2,1H3. The molecule has 0 atom stereocenters. The van der Waals surface area contributed by atoms with Gasteiger partial charge in [0.2, 0.25) is 5.91 Å².